The Kier molecular flexibility index (Phi) is 6.19. The summed E-state index contributed by atoms with van der Waals surface area (Å²) in [7, 11) is 0. The molecular weight excluding hydrogens is 286 g/mol. The van der Waals surface area contributed by atoms with Crippen molar-refractivity contribution in [3.05, 3.63) is 0 Å². The largest absolute Gasteiger partial charge is 0.378 e. The number of hydrogen-bond acceptors (Lipinski definition) is 3. The minimum absolute atomic E-state index is 0.0000457. The molecule has 0 atom stereocenters. The van der Waals surface area contributed by atoms with E-state index in [1.807, 2.05) is 0 Å². The first-order valence-electron chi connectivity index (χ1n) is 9.55. The Balaban J connectivity index is 1.57. The predicted octanol–water partition coefficient (Wildman–Crippen LogP) is 4.50. The molecule has 2 rings (SSSR count). The van der Waals surface area contributed by atoms with Gasteiger partial charge in [-0.1, -0.05) is 20.8 Å². The van der Waals surface area contributed by atoms with Crippen molar-refractivity contribution in [2.24, 2.45) is 10.8 Å². The highest BCUT2D eigenvalue weighted by atomic mass is 16.5. The number of ether oxygens (including phenoxy) is 2. The highest BCUT2D eigenvalue weighted by molar-refractivity contribution is 4.98. The first-order valence-corrected chi connectivity index (χ1v) is 9.55. The van der Waals surface area contributed by atoms with Crippen molar-refractivity contribution >= 4 is 0 Å². The maximum Gasteiger partial charge on any atom is 0.0598 e. The molecule has 1 heterocycles. The SMILES string of the molecule is CC(C)(C)COC1CC2(CCN(CCCOC(C)(C)C)CC2)C1. The minimum Gasteiger partial charge on any atom is -0.378 e. The summed E-state index contributed by atoms with van der Waals surface area (Å²) < 4.78 is 11.9. The zero-order valence-electron chi connectivity index (χ0n) is 16.4. The third kappa shape index (κ3) is 6.72. The van der Waals surface area contributed by atoms with E-state index in [0.717, 1.165) is 19.6 Å². The van der Waals surface area contributed by atoms with Gasteiger partial charge in [0.15, 0.2) is 0 Å². The van der Waals surface area contributed by atoms with Gasteiger partial charge in [-0.05, 0) is 76.8 Å². The van der Waals surface area contributed by atoms with Crippen LogP contribution in [0, 0.1) is 10.8 Å². The lowest BCUT2D eigenvalue weighted by Crippen LogP contribution is -2.50. The van der Waals surface area contributed by atoms with Crippen LogP contribution in [0.2, 0.25) is 0 Å². The van der Waals surface area contributed by atoms with E-state index < -0.39 is 0 Å². The Morgan fingerprint density at radius 3 is 2.13 bits per heavy atom. The van der Waals surface area contributed by atoms with Crippen molar-refractivity contribution in [3.63, 3.8) is 0 Å². The van der Waals surface area contributed by atoms with Crippen LogP contribution in [-0.2, 0) is 9.47 Å². The van der Waals surface area contributed by atoms with Crippen LogP contribution in [0.4, 0.5) is 0 Å². The Morgan fingerprint density at radius 2 is 1.61 bits per heavy atom. The molecule has 3 heteroatoms. The lowest BCUT2D eigenvalue weighted by Gasteiger charge is -2.52. The minimum atomic E-state index is -0.0000457. The molecule has 1 saturated carbocycles. The molecule has 1 aliphatic heterocycles. The highest BCUT2D eigenvalue weighted by Crippen LogP contribution is 2.50. The molecule has 1 aliphatic carbocycles. The normalized spacial score (nSPS) is 23.2. The van der Waals surface area contributed by atoms with E-state index in [2.05, 4.69) is 46.4 Å². The molecule has 1 saturated heterocycles. The van der Waals surface area contributed by atoms with Gasteiger partial charge in [-0.2, -0.15) is 0 Å². The monoisotopic (exact) mass is 325 g/mol. The van der Waals surface area contributed by atoms with Crippen molar-refractivity contribution in [1.29, 1.82) is 0 Å². The zero-order chi connectivity index (χ0) is 17.1. The van der Waals surface area contributed by atoms with Crippen LogP contribution in [0.5, 0.6) is 0 Å². The average molecular weight is 326 g/mol. The topological polar surface area (TPSA) is 21.7 Å². The van der Waals surface area contributed by atoms with Crippen LogP contribution >= 0.6 is 0 Å². The van der Waals surface area contributed by atoms with Crippen LogP contribution < -0.4 is 0 Å². The molecule has 1 spiro atoms. The van der Waals surface area contributed by atoms with Crippen LogP contribution in [0.1, 0.15) is 73.6 Å². The zero-order valence-corrected chi connectivity index (χ0v) is 16.4. The lowest BCUT2D eigenvalue weighted by atomic mass is 9.61. The molecule has 2 aliphatic rings. The van der Waals surface area contributed by atoms with E-state index in [4.69, 9.17) is 9.47 Å². The van der Waals surface area contributed by atoms with Crippen molar-refractivity contribution in [2.45, 2.75) is 85.4 Å². The molecular formula is C20H39NO2. The van der Waals surface area contributed by atoms with Crippen LogP contribution in [0.15, 0.2) is 0 Å². The maximum absolute atomic E-state index is 6.08. The van der Waals surface area contributed by atoms with Gasteiger partial charge in [0.1, 0.15) is 0 Å². The van der Waals surface area contributed by atoms with Gasteiger partial charge in [0.05, 0.1) is 18.3 Å². The Morgan fingerprint density at radius 1 is 1.00 bits per heavy atom. The Bertz CT molecular complexity index is 351. The number of likely N-dealkylation sites (tertiary alicyclic amines) is 1. The fourth-order valence-electron chi connectivity index (χ4n) is 3.72. The van der Waals surface area contributed by atoms with E-state index in [1.165, 1.54) is 45.3 Å². The number of hydrogen-bond donors (Lipinski definition) is 0. The van der Waals surface area contributed by atoms with E-state index >= 15 is 0 Å². The van der Waals surface area contributed by atoms with E-state index in [0.29, 0.717) is 16.9 Å². The third-order valence-electron chi connectivity index (χ3n) is 5.14. The summed E-state index contributed by atoms with van der Waals surface area (Å²) in [6.07, 6.45) is 7.00. The Hall–Kier alpha value is -0.120. The predicted molar refractivity (Wildman–Crippen MR) is 96.9 cm³/mol. The van der Waals surface area contributed by atoms with E-state index in [-0.39, 0.29) is 5.60 Å². The summed E-state index contributed by atoms with van der Waals surface area (Å²) in [5, 5.41) is 0. The summed E-state index contributed by atoms with van der Waals surface area (Å²) in [5.41, 5.74) is 0.905. The van der Waals surface area contributed by atoms with Crippen molar-refractivity contribution in [2.75, 3.05) is 32.8 Å². The van der Waals surface area contributed by atoms with Gasteiger partial charge in [0, 0.05) is 13.2 Å². The first kappa shape index (κ1) is 19.2. The second-order valence-corrected chi connectivity index (χ2v) is 10.1. The summed E-state index contributed by atoms with van der Waals surface area (Å²) in [6, 6.07) is 0. The molecule has 23 heavy (non-hydrogen) atoms. The van der Waals surface area contributed by atoms with Gasteiger partial charge in [0.2, 0.25) is 0 Å². The van der Waals surface area contributed by atoms with Crippen molar-refractivity contribution in [1.82, 2.24) is 4.90 Å². The number of nitrogens with zero attached hydrogens (tertiary/aromatic N) is 1. The van der Waals surface area contributed by atoms with Gasteiger partial charge < -0.3 is 14.4 Å². The quantitative estimate of drug-likeness (QED) is 0.671. The van der Waals surface area contributed by atoms with Crippen LogP contribution in [-0.4, -0.2) is 49.5 Å². The van der Waals surface area contributed by atoms with E-state index in [1.54, 1.807) is 0 Å². The molecule has 136 valence electrons. The molecule has 0 aromatic carbocycles. The van der Waals surface area contributed by atoms with Crippen molar-refractivity contribution < 1.29 is 9.47 Å². The summed E-state index contributed by atoms with van der Waals surface area (Å²) in [5.74, 6) is 0. The molecule has 3 nitrogen and oxygen atoms in total. The molecule has 2 fully saturated rings. The van der Waals surface area contributed by atoms with Gasteiger partial charge in [-0.3, -0.25) is 0 Å². The lowest BCUT2D eigenvalue weighted by molar-refractivity contribution is -0.119. The molecule has 0 aromatic rings. The summed E-state index contributed by atoms with van der Waals surface area (Å²) >= 11 is 0. The third-order valence-corrected chi connectivity index (χ3v) is 5.14. The molecule has 0 bridgehead atoms. The molecule has 0 amide bonds. The van der Waals surface area contributed by atoms with Crippen LogP contribution in [0.25, 0.3) is 0 Å². The average Bonchev–Trinajstić information content (AvgIpc) is 2.38. The second-order valence-electron chi connectivity index (χ2n) is 10.1. The first-order chi connectivity index (χ1) is 10.6. The highest BCUT2D eigenvalue weighted by Gasteiger charge is 2.46. The summed E-state index contributed by atoms with van der Waals surface area (Å²) in [6.45, 7) is 18.7. The molecule has 0 unspecified atom stereocenters. The van der Waals surface area contributed by atoms with Gasteiger partial charge in [-0.25, -0.2) is 0 Å². The Labute approximate surface area is 144 Å². The van der Waals surface area contributed by atoms with Gasteiger partial charge in [0.25, 0.3) is 0 Å². The maximum atomic E-state index is 6.08. The van der Waals surface area contributed by atoms with Crippen molar-refractivity contribution in [3.8, 4) is 0 Å². The number of piperidine rings is 1. The van der Waals surface area contributed by atoms with Gasteiger partial charge in [-0.15, -0.1) is 0 Å². The molecule has 0 aromatic heterocycles. The smallest absolute Gasteiger partial charge is 0.0598 e. The molecule has 0 radical (unpaired) electrons. The second kappa shape index (κ2) is 7.41. The molecule has 0 N–H and O–H groups in total. The standard InChI is InChI=1S/C20H39NO2/c1-18(2,3)16-22-17-14-20(15-17)8-11-21(12-9-20)10-7-13-23-19(4,5)6/h17H,7-16H2,1-6H3. The number of rotatable bonds is 6. The summed E-state index contributed by atoms with van der Waals surface area (Å²) in [4.78, 5) is 2.63. The van der Waals surface area contributed by atoms with Crippen LogP contribution in [0.3, 0.4) is 0 Å². The van der Waals surface area contributed by atoms with Gasteiger partial charge >= 0.3 is 0 Å². The van der Waals surface area contributed by atoms with E-state index in [9.17, 15) is 0 Å². The fourth-order valence-corrected chi connectivity index (χ4v) is 3.72. The fraction of sp³-hybridized carbons (Fsp3) is 1.00.